The van der Waals surface area contributed by atoms with Crippen LogP contribution in [0, 0.1) is 0 Å². The van der Waals surface area contributed by atoms with Crippen LogP contribution < -0.4 is 0 Å². The first-order valence-corrected chi connectivity index (χ1v) is 17.1. The first kappa shape index (κ1) is 36.7. The van der Waals surface area contributed by atoms with Gasteiger partial charge in [-0.2, -0.15) is 0 Å². The minimum atomic E-state index is -0.963. The number of thiocarbonyl (C=S) groups is 2. The van der Waals surface area contributed by atoms with Crippen LogP contribution in [-0.4, -0.2) is 57.9 Å². The molecule has 0 aromatic carbocycles. The van der Waals surface area contributed by atoms with Crippen LogP contribution in [0.5, 0.6) is 0 Å². The molecule has 1 saturated heterocycles. The van der Waals surface area contributed by atoms with Crippen molar-refractivity contribution in [1.82, 2.24) is 0 Å². The van der Waals surface area contributed by atoms with Crippen molar-refractivity contribution in [3.8, 4) is 0 Å². The molecule has 2 N–H and O–H groups in total. The zero-order valence-corrected chi connectivity index (χ0v) is 26.8. The second-order valence-corrected chi connectivity index (χ2v) is 12.3. The summed E-state index contributed by atoms with van der Waals surface area (Å²) in [4.78, 5) is 0. The zero-order valence-electron chi connectivity index (χ0n) is 25.2. The summed E-state index contributed by atoms with van der Waals surface area (Å²) in [5.74, 6) is 0. The maximum atomic E-state index is 10.6. The summed E-state index contributed by atoms with van der Waals surface area (Å²) in [7, 11) is 0. The minimum Gasteiger partial charge on any atom is -0.484 e. The maximum Gasteiger partial charge on any atom is 0.160 e. The fourth-order valence-corrected chi connectivity index (χ4v) is 5.62. The standard InChI is InChI=1S/C32H60O5S2/c1-3-5-7-9-11-13-15-17-19-21-23-29(38)35-25-27(33)32-31(34)28(26-36-32)37-30(39)24-22-20-18-16-14-12-10-8-6-4-2/h27-28,31-34H,3-26H2,1-2H3/t27-,28+,31-,32-/m0/s1. The van der Waals surface area contributed by atoms with Crippen molar-refractivity contribution in [3.63, 3.8) is 0 Å². The molecule has 0 amide bonds. The van der Waals surface area contributed by atoms with Gasteiger partial charge in [0.25, 0.3) is 0 Å². The molecule has 39 heavy (non-hydrogen) atoms. The van der Waals surface area contributed by atoms with E-state index in [0.717, 1.165) is 38.5 Å². The summed E-state index contributed by atoms with van der Waals surface area (Å²) >= 11 is 10.7. The van der Waals surface area contributed by atoms with Crippen LogP contribution in [0.1, 0.15) is 155 Å². The lowest BCUT2D eigenvalue weighted by atomic mass is 10.1. The lowest BCUT2D eigenvalue weighted by molar-refractivity contribution is -0.0657. The average Bonchev–Trinajstić information content (AvgIpc) is 3.29. The quantitative estimate of drug-likeness (QED) is 0.0773. The van der Waals surface area contributed by atoms with Gasteiger partial charge in [-0.05, 0) is 37.3 Å². The first-order chi connectivity index (χ1) is 19.0. The molecule has 1 aliphatic heterocycles. The minimum absolute atomic E-state index is 0.0219. The van der Waals surface area contributed by atoms with Crippen LogP contribution in [0.3, 0.4) is 0 Å². The van der Waals surface area contributed by atoms with Gasteiger partial charge in [-0.3, -0.25) is 0 Å². The molecule has 1 rings (SSSR count). The normalized spacial score (nSPS) is 19.7. The molecule has 0 bridgehead atoms. The Morgan fingerprint density at radius 3 is 1.56 bits per heavy atom. The first-order valence-electron chi connectivity index (χ1n) is 16.3. The Balaban J connectivity index is 2.05. The van der Waals surface area contributed by atoms with Gasteiger partial charge < -0.3 is 24.4 Å². The Kier molecular flexibility index (Phi) is 23.9. The van der Waals surface area contributed by atoms with E-state index in [1.54, 1.807) is 0 Å². The highest BCUT2D eigenvalue weighted by Gasteiger charge is 2.42. The van der Waals surface area contributed by atoms with Crippen LogP contribution in [0.25, 0.3) is 0 Å². The molecule has 0 aromatic heterocycles. The number of hydrogen-bond acceptors (Lipinski definition) is 7. The average molecular weight is 589 g/mol. The third-order valence-electron chi connectivity index (χ3n) is 7.72. The Labute approximate surface area is 251 Å². The van der Waals surface area contributed by atoms with Crippen LogP contribution in [0.2, 0.25) is 0 Å². The summed E-state index contributed by atoms with van der Waals surface area (Å²) in [5.41, 5.74) is 0. The molecule has 1 heterocycles. The topological polar surface area (TPSA) is 68.2 Å². The van der Waals surface area contributed by atoms with Crippen molar-refractivity contribution in [2.45, 2.75) is 180 Å². The van der Waals surface area contributed by atoms with E-state index < -0.39 is 24.4 Å². The van der Waals surface area contributed by atoms with Gasteiger partial charge in [0.05, 0.1) is 6.61 Å². The fraction of sp³-hybridized carbons (Fsp3) is 0.938. The lowest BCUT2D eigenvalue weighted by Crippen LogP contribution is -2.42. The number of aliphatic hydroxyl groups is 2. The number of ether oxygens (including phenoxy) is 3. The Morgan fingerprint density at radius 2 is 1.10 bits per heavy atom. The predicted octanol–water partition coefficient (Wildman–Crippen LogP) is 8.79. The largest absolute Gasteiger partial charge is 0.484 e. The molecule has 0 aromatic rings. The molecule has 0 radical (unpaired) electrons. The Bertz CT molecular complexity index is 603. The zero-order chi connectivity index (χ0) is 28.6. The van der Waals surface area contributed by atoms with Gasteiger partial charge in [0.1, 0.15) is 24.9 Å². The highest BCUT2D eigenvalue weighted by Crippen LogP contribution is 2.22. The van der Waals surface area contributed by atoms with Crippen LogP contribution in [0.15, 0.2) is 0 Å². The Hall–Kier alpha value is -0.340. The van der Waals surface area contributed by atoms with E-state index in [0.29, 0.717) is 10.1 Å². The van der Waals surface area contributed by atoms with Gasteiger partial charge >= 0.3 is 0 Å². The summed E-state index contributed by atoms with van der Waals surface area (Å²) in [6, 6.07) is 0. The number of unbranched alkanes of at least 4 members (excludes halogenated alkanes) is 18. The summed E-state index contributed by atoms with van der Waals surface area (Å²) in [6.45, 7) is 4.74. The van der Waals surface area contributed by atoms with Crippen LogP contribution in [-0.2, 0) is 14.2 Å². The maximum absolute atomic E-state index is 10.6. The molecule has 5 nitrogen and oxygen atoms in total. The number of rotatable bonds is 26. The molecule has 1 aliphatic rings. The van der Waals surface area contributed by atoms with E-state index in [2.05, 4.69) is 13.8 Å². The van der Waals surface area contributed by atoms with E-state index in [9.17, 15) is 10.2 Å². The monoisotopic (exact) mass is 588 g/mol. The van der Waals surface area contributed by atoms with E-state index in [1.807, 2.05) is 0 Å². The van der Waals surface area contributed by atoms with Gasteiger partial charge in [0, 0.05) is 12.8 Å². The van der Waals surface area contributed by atoms with Crippen molar-refractivity contribution >= 4 is 34.5 Å². The molecular weight excluding hydrogens is 528 g/mol. The molecule has 0 aliphatic carbocycles. The molecule has 0 unspecified atom stereocenters. The molecule has 0 saturated carbocycles. The molecule has 230 valence electrons. The molecule has 4 atom stereocenters. The summed E-state index contributed by atoms with van der Waals surface area (Å²) < 4.78 is 17.1. The van der Waals surface area contributed by atoms with Gasteiger partial charge in [0.15, 0.2) is 16.2 Å². The molecule has 0 spiro atoms. The van der Waals surface area contributed by atoms with E-state index in [-0.39, 0.29) is 13.2 Å². The Morgan fingerprint density at radius 1 is 0.692 bits per heavy atom. The smallest absolute Gasteiger partial charge is 0.160 e. The van der Waals surface area contributed by atoms with Gasteiger partial charge in [-0.25, -0.2) is 0 Å². The van der Waals surface area contributed by atoms with E-state index in [4.69, 9.17) is 38.6 Å². The highest BCUT2D eigenvalue weighted by atomic mass is 32.1. The predicted molar refractivity (Wildman–Crippen MR) is 171 cm³/mol. The van der Waals surface area contributed by atoms with Crippen molar-refractivity contribution in [3.05, 3.63) is 0 Å². The number of aliphatic hydroxyl groups excluding tert-OH is 2. The van der Waals surface area contributed by atoms with Crippen molar-refractivity contribution in [2.75, 3.05) is 13.2 Å². The fourth-order valence-electron chi connectivity index (χ4n) is 5.14. The van der Waals surface area contributed by atoms with Gasteiger partial charge in [-0.1, -0.05) is 129 Å². The number of hydrogen-bond donors (Lipinski definition) is 2. The van der Waals surface area contributed by atoms with Crippen molar-refractivity contribution in [2.24, 2.45) is 0 Å². The van der Waals surface area contributed by atoms with Gasteiger partial charge in [0.2, 0.25) is 0 Å². The lowest BCUT2D eigenvalue weighted by Gasteiger charge is -2.23. The van der Waals surface area contributed by atoms with E-state index in [1.165, 1.54) is 103 Å². The van der Waals surface area contributed by atoms with Crippen LogP contribution in [0.4, 0.5) is 0 Å². The molecule has 7 heteroatoms. The van der Waals surface area contributed by atoms with E-state index >= 15 is 0 Å². The second-order valence-electron chi connectivity index (χ2n) is 11.4. The van der Waals surface area contributed by atoms with Crippen LogP contribution >= 0.6 is 24.4 Å². The third-order valence-corrected chi connectivity index (χ3v) is 8.34. The molecule has 1 fully saturated rings. The highest BCUT2D eigenvalue weighted by molar-refractivity contribution is 7.80. The summed E-state index contributed by atoms with van der Waals surface area (Å²) in [6.07, 6.45) is 23.8. The van der Waals surface area contributed by atoms with Crippen molar-refractivity contribution in [1.29, 1.82) is 0 Å². The summed E-state index contributed by atoms with van der Waals surface area (Å²) in [5, 5.41) is 22.2. The van der Waals surface area contributed by atoms with Gasteiger partial charge in [-0.15, -0.1) is 0 Å². The second kappa shape index (κ2) is 25.4. The van der Waals surface area contributed by atoms with Crippen molar-refractivity contribution < 1.29 is 24.4 Å². The molecular formula is C32H60O5S2. The SMILES string of the molecule is CCCCCCCCCCCCC(=S)OC[C@H](O)[C@@H]1OC[C@@H](OC(=S)CCCCCCCCCCCC)[C@@H]1O. The third kappa shape index (κ3) is 19.4.